The van der Waals surface area contributed by atoms with Gasteiger partial charge in [-0.15, -0.1) is 0 Å². The molecule has 122 valence electrons. The van der Waals surface area contributed by atoms with E-state index in [2.05, 4.69) is 10.6 Å². The monoisotopic (exact) mass is 316 g/mol. The Kier molecular flexibility index (Phi) is 4.60. The average molecular weight is 316 g/mol. The standard InChI is InChI=1S/C17H20N2O4/c20-14(6-8-16(21)18-12-3-1-2-4-12)11-5-7-15-13(9-11)19-17(22)10-23-15/h5,7,9,12H,1-4,6,8,10H2,(H,18,21)(H,19,22). The largest absolute Gasteiger partial charge is 0.482 e. The fraction of sp³-hybridized carbons (Fsp3) is 0.471. The molecular formula is C17H20N2O4. The highest BCUT2D eigenvalue weighted by Gasteiger charge is 2.20. The lowest BCUT2D eigenvalue weighted by Gasteiger charge is -2.18. The number of ketones is 1. The van der Waals surface area contributed by atoms with Gasteiger partial charge in [-0.3, -0.25) is 14.4 Å². The summed E-state index contributed by atoms with van der Waals surface area (Å²) < 4.78 is 5.26. The van der Waals surface area contributed by atoms with Crippen molar-refractivity contribution < 1.29 is 19.1 Å². The summed E-state index contributed by atoms with van der Waals surface area (Å²) >= 11 is 0. The van der Waals surface area contributed by atoms with Crippen LogP contribution < -0.4 is 15.4 Å². The highest BCUT2D eigenvalue weighted by Crippen LogP contribution is 2.29. The van der Waals surface area contributed by atoms with Gasteiger partial charge in [-0.1, -0.05) is 12.8 Å². The van der Waals surface area contributed by atoms with Gasteiger partial charge in [0.15, 0.2) is 12.4 Å². The zero-order chi connectivity index (χ0) is 16.2. The number of rotatable bonds is 5. The first-order chi connectivity index (χ1) is 11.1. The fourth-order valence-electron chi connectivity index (χ4n) is 3.00. The lowest BCUT2D eigenvalue weighted by atomic mass is 10.0. The first-order valence-corrected chi connectivity index (χ1v) is 8.01. The highest BCUT2D eigenvalue weighted by atomic mass is 16.5. The number of anilines is 1. The number of carbonyl (C=O) groups is 3. The van der Waals surface area contributed by atoms with Gasteiger partial charge in [0.05, 0.1) is 5.69 Å². The predicted octanol–water partition coefficient (Wildman–Crippen LogP) is 2.04. The van der Waals surface area contributed by atoms with Gasteiger partial charge in [0, 0.05) is 24.4 Å². The molecule has 1 aromatic rings. The van der Waals surface area contributed by atoms with Crippen molar-refractivity contribution in [3.05, 3.63) is 23.8 Å². The fourth-order valence-corrected chi connectivity index (χ4v) is 3.00. The van der Waals surface area contributed by atoms with Crippen LogP contribution in [-0.2, 0) is 9.59 Å². The number of Topliss-reactive ketones (excluding diaryl/α,β-unsaturated/α-hetero) is 1. The van der Waals surface area contributed by atoms with Crippen LogP contribution >= 0.6 is 0 Å². The van der Waals surface area contributed by atoms with Crippen LogP contribution in [0.3, 0.4) is 0 Å². The normalized spacial score (nSPS) is 17.1. The Labute approximate surface area is 134 Å². The minimum atomic E-state index is -0.238. The molecular weight excluding hydrogens is 296 g/mol. The topological polar surface area (TPSA) is 84.5 Å². The van der Waals surface area contributed by atoms with Gasteiger partial charge in [-0.25, -0.2) is 0 Å². The Hall–Kier alpha value is -2.37. The summed E-state index contributed by atoms with van der Waals surface area (Å²) in [4.78, 5) is 35.4. The third-order valence-electron chi connectivity index (χ3n) is 4.23. The van der Waals surface area contributed by atoms with Crippen molar-refractivity contribution in [2.24, 2.45) is 0 Å². The molecule has 1 fully saturated rings. The van der Waals surface area contributed by atoms with Crippen LogP contribution in [0.1, 0.15) is 48.9 Å². The molecule has 23 heavy (non-hydrogen) atoms. The lowest BCUT2D eigenvalue weighted by Crippen LogP contribution is -2.32. The number of amides is 2. The van der Waals surface area contributed by atoms with Crippen molar-refractivity contribution in [3.8, 4) is 5.75 Å². The maximum Gasteiger partial charge on any atom is 0.262 e. The smallest absolute Gasteiger partial charge is 0.262 e. The summed E-state index contributed by atoms with van der Waals surface area (Å²) in [6.45, 7) is -0.0123. The second-order valence-electron chi connectivity index (χ2n) is 6.02. The molecule has 0 saturated heterocycles. The lowest BCUT2D eigenvalue weighted by molar-refractivity contribution is -0.121. The second kappa shape index (κ2) is 6.81. The zero-order valence-electron chi connectivity index (χ0n) is 12.9. The molecule has 0 unspecified atom stereocenters. The van der Waals surface area contributed by atoms with E-state index < -0.39 is 0 Å². The van der Waals surface area contributed by atoms with Gasteiger partial charge in [-0.05, 0) is 31.0 Å². The SMILES string of the molecule is O=C1COc2ccc(C(=O)CCC(=O)NC3CCCC3)cc2N1. The van der Waals surface area contributed by atoms with Crippen molar-refractivity contribution in [1.82, 2.24) is 5.32 Å². The summed E-state index contributed by atoms with van der Waals surface area (Å²) in [5.41, 5.74) is 0.978. The molecule has 1 heterocycles. The number of benzene rings is 1. The van der Waals surface area contributed by atoms with E-state index in [1.807, 2.05) is 0 Å². The van der Waals surface area contributed by atoms with Gasteiger partial charge in [0.1, 0.15) is 5.75 Å². The Morgan fingerprint density at radius 2 is 2.00 bits per heavy atom. The van der Waals surface area contributed by atoms with Crippen LogP contribution in [0.15, 0.2) is 18.2 Å². The van der Waals surface area contributed by atoms with Crippen LogP contribution in [0.4, 0.5) is 5.69 Å². The molecule has 3 rings (SSSR count). The van der Waals surface area contributed by atoms with Gasteiger partial charge in [-0.2, -0.15) is 0 Å². The van der Waals surface area contributed by atoms with Crippen LogP contribution in [0.5, 0.6) is 5.75 Å². The quantitative estimate of drug-likeness (QED) is 0.814. The molecule has 0 aromatic heterocycles. The molecule has 0 atom stereocenters. The van der Waals surface area contributed by atoms with E-state index in [4.69, 9.17) is 4.74 Å². The highest BCUT2D eigenvalue weighted by molar-refractivity contribution is 6.01. The summed E-state index contributed by atoms with van der Waals surface area (Å²) in [5, 5.41) is 5.65. The summed E-state index contributed by atoms with van der Waals surface area (Å²) in [6, 6.07) is 5.20. The molecule has 2 amide bonds. The number of fused-ring (bicyclic) bond motifs is 1. The molecule has 1 aromatic carbocycles. The Morgan fingerprint density at radius 3 is 2.78 bits per heavy atom. The minimum absolute atomic E-state index is 0.0123. The maximum absolute atomic E-state index is 12.2. The van der Waals surface area contributed by atoms with Crippen molar-refractivity contribution in [2.45, 2.75) is 44.6 Å². The molecule has 6 heteroatoms. The molecule has 0 bridgehead atoms. The number of carbonyl (C=O) groups excluding carboxylic acids is 3. The summed E-state index contributed by atoms with van der Waals surface area (Å²) in [6.07, 6.45) is 4.73. The zero-order valence-corrected chi connectivity index (χ0v) is 12.9. The molecule has 1 saturated carbocycles. The van der Waals surface area contributed by atoms with E-state index in [0.717, 1.165) is 25.7 Å². The van der Waals surface area contributed by atoms with Crippen LogP contribution in [-0.4, -0.2) is 30.2 Å². The van der Waals surface area contributed by atoms with Crippen molar-refractivity contribution in [3.63, 3.8) is 0 Å². The average Bonchev–Trinajstić information content (AvgIpc) is 3.04. The molecule has 6 nitrogen and oxygen atoms in total. The molecule has 0 spiro atoms. The van der Waals surface area contributed by atoms with E-state index in [1.165, 1.54) is 0 Å². The Bertz CT molecular complexity index is 635. The van der Waals surface area contributed by atoms with E-state index in [9.17, 15) is 14.4 Å². The maximum atomic E-state index is 12.2. The Balaban J connectivity index is 1.54. The van der Waals surface area contributed by atoms with Crippen LogP contribution in [0.2, 0.25) is 0 Å². The van der Waals surface area contributed by atoms with E-state index in [0.29, 0.717) is 17.0 Å². The van der Waals surface area contributed by atoms with Gasteiger partial charge >= 0.3 is 0 Å². The van der Waals surface area contributed by atoms with Gasteiger partial charge in [0.2, 0.25) is 5.91 Å². The number of hydrogen-bond donors (Lipinski definition) is 2. The van der Waals surface area contributed by atoms with E-state index in [1.54, 1.807) is 18.2 Å². The number of hydrogen-bond acceptors (Lipinski definition) is 4. The van der Waals surface area contributed by atoms with Crippen LogP contribution in [0, 0.1) is 0 Å². The van der Waals surface area contributed by atoms with E-state index in [-0.39, 0.29) is 43.1 Å². The molecule has 0 radical (unpaired) electrons. The predicted molar refractivity (Wildman–Crippen MR) is 84.5 cm³/mol. The third-order valence-corrected chi connectivity index (χ3v) is 4.23. The minimum Gasteiger partial charge on any atom is -0.482 e. The van der Waals surface area contributed by atoms with E-state index >= 15 is 0 Å². The summed E-state index contributed by atoms with van der Waals surface area (Å²) in [5.74, 6) is 0.132. The first kappa shape index (κ1) is 15.5. The first-order valence-electron chi connectivity index (χ1n) is 8.01. The van der Waals surface area contributed by atoms with Gasteiger partial charge < -0.3 is 15.4 Å². The molecule has 1 aliphatic carbocycles. The van der Waals surface area contributed by atoms with Crippen LogP contribution in [0.25, 0.3) is 0 Å². The van der Waals surface area contributed by atoms with Crippen molar-refractivity contribution in [1.29, 1.82) is 0 Å². The molecule has 2 aliphatic rings. The molecule has 1 aliphatic heterocycles. The molecule has 2 N–H and O–H groups in total. The number of ether oxygens (including phenoxy) is 1. The number of nitrogens with one attached hydrogen (secondary N) is 2. The van der Waals surface area contributed by atoms with Gasteiger partial charge in [0.25, 0.3) is 5.91 Å². The second-order valence-corrected chi connectivity index (χ2v) is 6.02. The third kappa shape index (κ3) is 3.88. The van der Waals surface area contributed by atoms with Crippen molar-refractivity contribution in [2.75, 3.05) is 11.9 Å². The Morgan fingerprint density at radius 1 is 1.22 bits per heavy atom. The summed E-state index contributed by atoms with van der Waals surface area (Å²) in [7, 11) is 0. The van der Waals surface area contributed by atoms with Crippen molar-refractivity contribution >= 4 is 23.3 Å².